The normalized spacial score (nSPS) is 15.0. The SMILES string of the molecule is C[C@@](N)(CO)c1cc(C=O)ccn1. The summed E-state index contributed by atoms with van der Waals surface area (Å²) in [5.74, 6) is 0. The number of rotatable bonds is 3. The first-order valence-electron chi connectivity index (χ1n) is 3.91. The molecule has 0 spiro atoms. The monoisotopic (exact) mass is 180 g/mol. The summed E-state index contributed by atoms with van der Waals surface area (Å²) in [5, 5.41) is 8.96. The summed E-state index contributed by atoms with van der Waals surface area (Å²) in [4.78, 5) is 14.4. The van der Waals surface area contributed by atoms with E-state index in [0.717, 1.165) is 6.29 Å². The van der Waals surface area contributed by atoms with Gasteiger partial charge in [-0.05, 0) is 19.1 Å². The largest absolute Gasteiger partial charge is 0.394 e. The average Bonchev–Trinajstić information content (AvgIpc) is 2.18. The fraction of sp³-hybridized carbons (Fsp3) is 0.333. The summed E-state index contributed by atoms with van der Waals surface area (Å²) in [6.07, 6.45) is 2.22. The van der Waals surface area contributed by atoms with Crippen molar-refractivity contribution in [3.63, 3.8) is 0 Å². The van der Waals surface area contributed by atoms with Gasteiger partial charge in [-0.25, -0.2) is 0 Å². The van der Waals surface area contributed by atoms with Gasteiger partial charge in [-0.3, -0.25) is 9.78 Å². The Bertz CT molecular complexity index is 310. The molecule has 1 heterocycles. The van der Waals surface area contributed by atoms with Crippen LogP contribution in [0.5, 0.6) is 0 Å². The van der Waals surface area contributed by atoms with Crippen molar-refractivity contribution < 1.29 is 9.90 Å². The second-order valence-corrected chi connectivity index (χ2v) is 3.17. The Hall–Kier alpha value is -1.26. The summed E-state index contributed by atoms with van der Waals surface area (Å²) in [6, 6.07) is 3.16. The number of carbonyl (C=O) groups excluding carboxylic acids is 1. The lowest BCUT2D eigenvalue weighted by molar-refractivity contribution is 0.112. The molecule has 0 amide bonds. The van der Waals surface area contributed by atoms with Gasteiger partial charge in [0.25, 0.3) is 0 Å². The Morgan fingerprint density at radius 2 is 2.46 bits per heavy atom. The molecule has 1 aromatic rings. The lowest BCUT2D eigenvalue weighted by Gasteiger charge is -2.20. The lowest BCUT2D eigenvalue weighted by atomic mass is 9.99. The van der Waals surface area contributed by atoms with Gasteiger partial charge in [0.15, 0.2) is 0 Å². The van der Waals surface area contributed by atoms with Gasteiger partial charge in [-0.15, -0.1) is 0 Å². The van der Waals surface area contributed by atoms with E-state index in [2.05, 4.69) is 4.98 Å². The van der Waals surface area contributed by atoms with Gasteiger partial charge in [-0.1, -0.05) is 0 Å². The number of aromatic nitrogens is 1. The molecule has 3 N–H and O–H groups in total. The molecule has 0 aliphatic heterocycles. The first-order chi connectivity index (χ1) is 6.10. The number of pyridine rings is 1. The van der Waals surface area contributed by atoms with Crippen LogP contribution in [0.1, 0.15) is 23.0 Å². The summed E-state index contributed by atoms with van der Waals surface area (Å²) < 4.78 is 0. The predicted molar refractivity (Wildman–Crippen MR) is 48.2 cm³/mol. The molecular formula is C9H12N2O2. The molecule has 0 radical (unpaired) electrons. The van der Waals surface area contributed by atoms with Gasteiger partial charge in [0.1, 0.15) is 6.29 Å². The van der Waals surface area contributed by atoms with Crippen LogP contribution in [0, 0.1) is 0 Å². The first kappa shape index (κ1) is 9.83. The van der Waals surface area contributed by atoms with E-state index in [1.807, 2.05) is 0 Å². The molecule has 1 atom stereocenters. The van der Waals surface area contributed by atoms with Crippen molar-refractivity contribution in [3.8, 4) is 0 Å². The zero-order chi connectivity index (χ0) is 9.90. The Labute approximate surface area is 76.4 Å². The standard InChI is InChI=1S/C9H12N2O2/c1-9(10,6-13)8-4-7(5-12)2-3-11-8/h2-5,13H,6,10H2,1H3/t9-/m1/s1. The van der Waals surface area contributed by atoms with Crippen LogP contribution in [-0.4, -0.2) is 23.0 Å². The molecule has 1 aromatic heterocycles. The highest BCUT2D eigenvalue weighted by Crippen LogP contribution is 2.14. The molecule has 0 fully saturated rings. The highest BCUT2D eigenvalue weighted by atomic mass is 16.3. The van der Waals surface area contributed by atoms with Crippen molar-refractivity contribution in [1.82, 2.24) is 4.98 Å². The highest BCUT2D eigenvalue weighted by Gasteiger charge is 2.21. The number of nitrogens with zero attached hydrogens (tertiary/aromatic N) is 1. The fourth-order valence-corrected chi connectivity index (χ4v) is 0.914. The van der Waals surface area contributed by atoms with Gasteiger partial charge >= 0.3 is 0 Å². The smallest absolute Gasteiger partial charge is 0.150 e. The third kappa shape index (κ3) is 2.11. The zero-order valence-electron chi connectivity index (χ0n) is 7.40. The Kier molecular flexibility index (Phi) is 2.75. The van der Waals surface area contributed by atoms with E-state index in [-0.39, 0.29) is 6.61 Å². The van der Waals surface area contributed by atoms with Crippen molar-refractivity contribution in [2.75, 3.05) is 6.61 Å². The van der Waals surface area contributed by atoms with Gasteiger partial charge in [0.05, 0.1) is 17.8 Å². The molecule has 70 valence electrons. The zero-order valence-corrected chi connectivity index (χ0v) is 7.40. The van der Waals surface area contributed by atoms with Crippen molar-refractivity contribution in [2.24, 2.45) is 5.73 Å². The average molecular weight is 180 g/mol. The van der Waals surface area contributed by atoms with Crippen LogP contribution >= 0.6 is 0 Å². The maximum absolute atomic E-state index is 10.4. The van der Waals surface area contributed by atoms with Crippen molar-refractivity contribution in [2.45, 2.75) is 12.5 Å². The van der Waals surface area contributed by atoms with Crippen molar-refractivity contribution in [1.29, 1.82) is 0 Å². The van der Waals surface area contributed by atoms with Crippen LogP contribution in [0.4, 0.5) is 0 Å². The molecular weight excluding hydrogens is 168 g/mol. The number of aldehydes is 1. The van der Waals surface area contributed by atoms with Crippen LogP contribution < -0.4 is 5.73 Å². The molecule has 0 bridgehead atoms. The van der Waals surface area contributed by atoms with Crippen molar-refractivity contribution in [3.05, 3.63) is 29.6 Å². The Balaban J connectivity index is 3.08. The molecule has 13 heavy (non-hydrogen) atoms. The van der Waals surface area contributed by atoms with E-state index in [1.54, 1.807) is 19.1 Å². The van der Waals surface area contributed by atoms with Crippen LogP contribution in [0.3, 0.4) is 0 Å². The molecule has 4 heteroatoms. The van der Waals surface area contributed by atoms with Gasteiger partial charge in [0.2, 0.25) is 0 Å². The minimum Gasteiger partial charge on any atom is -0.394 e. The van der Waals surface area contributed by atoms with Crippen LogP contribution in [0.15, 0.2) is 18.3 Å². The highest BCUT2D eigenvalue weighted by molar-refractivity contribution is 5.74. The second kappa shape index (κ2) is 3.64. The third-order valence-electron chi connectivity index (χ3n) is 1.83. The Morgan fingerprint density at radius 1 is 1.77 bits per heavy atom. The fourth-order valence-electron chi connectivity index (χ4n) is 0.914. The van der Waals surface area contributed by atoms with Crippen molar-refractivity contribution >= 4 is 6.29 Å². The van der Waals surface area contributed by atoms with E-state index < -0.39 is 5.54 Å². The van der Waals surface area contributed by atoms with E-state index >= 15 is 0 Å². The molecule has 0 aliphatic carbocycles. The molecule has 0 aliphatic rings. The maximum Gasteiger partial charge on any atom is 0.150 e. The number of hydrogen-bond acceptors (Lipinski definition) is 4. The molecule has 0 saturated heterocycles. The second-order valence-electron chi connectivity index (χ2n) is 3.17. The number of nitrogens with two attached hydrogens (primary N) is 1. The van der Waals surface area contributed by atoms with E-state index in [9.17, 15) is 4.79 Å². The molecule has 0 unspecified atom stereocenters. The summed E-state index contributed by atoms with van der Waals surface area (Å²) in [6.45, 7) is 1.45. The molecule has 1 rings (SSSR count). The van der Waals surface area contributed by atoms with E-state index in [4.69, 9.17) is 10.8 Å². The summed E-state index contributed by atoms with van der Waals surface area (Å²) >= 11 is 0. The number of carbonyl (C=O) groups is 1. The predicted octanol–water partition coefficient (Wildman–Crippen LogP) is 0.0603. The summed E-state index contributed by atoms with van der Waals surface area (Å²) in [7, 11) is 0. The summed E-state index contributed by atoms with van der Waals surface area (Å²) in [5.41, 5.74) is 5.87. The molecule has 0 aromatic carbocycles. The quantitative estimate of drug-likeness (QED) is 0.645. The van der Waals surface area contributed by atoms with E-state index in [0.29, 0.717) is 11.3 Å². The Morgan fingerprint density at radius 3 is 3.00 bits per heavy atom. The van der Waals surface area contributed by atoms with Crippen LogP contribution in [0.2, 0.25) is 0 Å². The minimum atomic E-state index is -0.890. The van der Waals surface area contributed by atoms with Gasteiger partial charge < -0.3 is 10.8 Å². The van der Waals surface area contributed by atoms with Gasteiger partial charge in [0, 0.05) is 11.8 Å². The number of aliphatic hydroxyl groups excluding tert-OH is 1. The number of aliphatic hydroxyl groups is 1. The number of hydrogen-bond donors (Lipinski definition) is 2. The molecule has 0 saturated carbocycles. The molecule has 4 nitrogen and oxygen atoms in total. The maximum atomic E-state index is 10.4. The first-order valence-corrected chi connectivity index (χ1v) is 3.91. The van der Waals surface area contributed by atoms with Crippen LogP contribution in [-0.2, 0) is 5.54 Å². The van der Waals surface area contributed by atoms with Gasteiger partial charge in [-0.2, -0.15) is 0 Å². The van der Waals surface area contributed by atoms with E-state index in [1.165, 1.54) is 6.20 Å². The third-order valence-corrected chi connectivity index (χ3v) is 1.83. The minimum absolute atomic E-state index is 0.206. The van der Waals surface area contributed by atoms with Crippen LogP contribution in [0.25, 0.3) is 0 Å². The topological polar surface area (TPSA) is 76.2 Å². The lowest BCUT2D eigenvalue weighted by Crippen LogP contribution is -2.37.